The zero-order valence-electron chi connectivity index (χ0n) is 22.7. The van der Waals surface area contributed by atoms with Crippen LogP contribution in [0.3, 0.4) is 0 Å². The molecule has 0 unspecified atom stereocenters. The van der Waals surface area contributed by atoms with Crippen molar-refractivity contribution >= 4 is 0 Å². The third kappa shape index (κ3) is 10.7. The van der Waals surface area contributed by atoms with Gasteiger partial charge in [0.15, 0.2) is 11.6 Å². The quantitative estimate of drug-likeness (QED) is 0.108. The van der Waals surface area contributed by atoms with Gasteiger partial charge in [-0.05, 0) is 42.7 Å². The molecule has 0 spiro atoms. The van der Waals surface area contributed by atoms with Crippen molar-refractivity contribution in [3.05, 3.63) is 72.6 Å². The van der Waals surface area contributed by atoms with Crippen molar-refractivity contribution in [1.82, 2.24) is 9.97 Å². The predicted octanol–water partition coefficient (Wildman–Crippen LogP) is 7.86. The summed E-state index contributed by atoms with van der Waals surface area (Å²) >= 11 is 0. The summed E-state index contributed by atoms with van der Waals surface area (Å²) in [5.74, 6) is 1.31. The van der Waals surface area contributed by atoms with E-state index in [-0.39, 0.29) is 19.4 Å². The molecule has 248 valence electrons. The molecule has 0 radical (unpaired) electrons. The number of alkyl halides is 11. The summed E-state index contributed by atoms with van der Waals surface area (Å²) in [5.41, 5.74) is 1.64. The topological polar surface area (TPSA) is 71.9 Å². The number of ether oxygens (including phenoxy) is 5. The summed E-state index contributed by atoms with van der Waals surface area (Å²) in [4.78, 5) is 8.51. The monoisotopic (exact) mass is 664 g/mol. The van der Waals surface area contributed by atoms with Crippen LogP contribution in [0.25, 0.3) is 11.4 Å². The van der Waals surface area contributed by atoms with E-state index in [2.05, 4.69) is 19.4 Å². The van der Waals surface area contributed by atoms with Crippen molar-refractivity contribution in [3.63, 3.8) is 0 Å². The molecule has 7 nitrogen and oxygen atoms in total. The summed E-state index contributed by atoms with van der Waals surface area (Å²) < 4.78 is 161. The molecule has 1 aromatic heterocycles. The van der Waals surface area contributed by atoms with Gasteiger partial charge in [-0.3, -0.25) is 0 Å². The van der Waals surface area contributed by atoms with Gasteiger partial charge in [-0.2, -0.15) is 48.3 Å². The molecular weight excluding hydrogens is 641 g/mol. The van der Waals surface area contributed by atoms with Crippen LogP contribution >= 0.6 is 0 Å². The second-order valence-electron chi connectivity index (χ2n) is 9.04. The number of benzene rings is 2. The van der Waals surface area contributed by atoms with E-state index < -0.39 is 43.8 Å². The van der Waals surface area contributed by atoms with Crippen molar-refractivity contribution in [3.8, 4) is 22.9 Å². The highest BCUT2D eigenvalue weighted by atomic mass is 19.4. The van der Waals surface area contributed by atoms with Crippen molar-refractivity contribution in [2.24, 2.45) is 0 Å². The Labute approximate surface area is 247 Å². The van der Waals surface area contributed by atoms with Gasteiger partial charge in [0, 0.05) is 12.2 Å². The van der Waals surface area contributed by atoms with Gasteiger partial charge in [0.25, 0.3) is 0 Å². The van der Waals surface area contributed by atoms with Gasteiger partial charge in [-0.25, -0.2) is 19.4 Å². The number of nitrogens with zero attached hydrogens (tertiary/aromatic N) is 2. The second kappa shape index (κ2) is 14.6. The molecule has 18 heteroatoms. The Hall–Kier alpha value is -3.77. The third-order valence-corrected chi connectivity index (χ3v) is 5.41. The minimum absolute atomic E-state index is 0.00810. The number of halogens is 11. The lowest BCUT2D eigenvalue weighted by atomic mass is 10.2. The lowest BCUT2D eigenvalue weighted by molar-refractivity contribution is -0.537. The molecule has 0 aliphatic heterocycles. The molecule has 3 rings (SSSR count). The molecule has 0 saturated carbocycles. The Kier molecular flexibility index (Phi) is 11.5. The van der Waals surface area contributed by atoms with E-state index >= 15 is 0 Å². The van der Waals surface area contributed by atoms with Crippen LogP contribution in [0.15, 0.2) is 67.0 Å². The number of aromatic nitrogens is 2. The molecule has 45 heavy (non-hydrogen) atoms. The molecule has 0 fully saturated rings. The van der Waals surface area contributed by atoms with Crippen molar-refractivity contribution < 1.29 is 72.0 Å². The average molecular weight is 664 g/mol. The van der Waals surface area contributed by atoms with Crippen LogP contribution in [0, 0.1) is 0 Å². The van der Waals surface area contributed by atoms with E-state index in [1.54, 1.807) is 29.0 Å². The van der Waals surface area contributed by atoms with Crippen molar-refractivity contribution in [2.45, 2.75) is 50.1 Å². The fraction of sp³-hybridized carbons (Fsp3) is 0.407. The Balaban J connectivity index is 1.35. The van der Waals surface area contributed by atoms with Crippen molar-refractivity contribution in [2.75, 3.05) is 19.8 Å². The van der Waals surface area contributed by atoms with E-state index in [1.807, 2.05) is 30.3 Å². The maximum Gasteiger partial charge on any atom is 0.483 e. The first-order valence-corrected chi connectivity index (χ1v) is 12.7. The number of rotatable bonds is 17. The summed E-state index contributed by atoms with van der Waals surface area (Å²) in [6.45, 7) is -2.19. The smallest absolute Gasteiger partial charge is 0.483 e. The minimum Gasteiger partial charge on any atom is -0.494 e. The summed E-state index contributed by atoms with van der Waals surface area (Å²) in [6, 6.07) is 16.1. The summed E-state index contributed by atoms with van der Waals surface area (Å²) in [5, 5.41) is 0. The maximum atomic E-state index is 13.5. The molecule has 0 aliphatic rings. The molecule has 0 N–H and O–H groups in total. The molecule has 0 amide bonds. The highest BCUT2D eigenvalue weighted by Gasteiger charge is 2.72. The van der Waals surface area contributed by atoms with E-state index in [0.717, 1.165) is 5.56 Å². The van der Waals surface area contributed by atoms with Gasteiger partial charge in [-0.15, -0.1) is 0 Å². The highest BCUT2D eigenvalue weighted by molar-refractivity contribution is 5.56. The number of unbranched alkanes of at least 4 members (excludes halogenated alkanes) is 1. The van der Waals surface area contributed by atoms with Crippen LogP contribution in [-0.2, 0) is 20.8 Å². The average Bonchev–Trinajstić information content (AvgIpc) is 2.95. The molecular formula is C27H23F11N2O5. The zero-order chi connectivity index (χ0) is 33.4. The fourth-order valence-electron chi connectivity index (χ4n) is 3.22. The molecule has 0 bridgehead atoms. The van der Waals surface area contributed by atoms with Crippen molar-refractivity contribution in [1.29, 1.82) is 0 Å². The Morgan fingerprint density at radius 1 is 0.578 bits per heavy atom. The van der Waals surface area contributed by atoms with Crippen LogP contribution in [-0.4, -0.2) is 60.4 Å². The van der Waals surface area contributed by atoms with E-state index in [9.17, 15) is 48.3 Å². The standard InChI is InChI=1S/C27H23F11N2O5/c28-23(29,44-26(35,36)27(37,38)45-25(33,34)24(30,31)32)17-41-12-4-5-13-42-20-10-8-19(9-11-20)22-39-14-21(15-40-22)43-16-18-6-2-1-3-7-18/h1-3,6-11,14-15H,4-5,12-13,16-17H2. The van der Waals surface area contributed by atoms with Crippen LogP contribution in [0.1, 0.15) is 18.4 Å². The Morgan fingerprint density at radius 3 is 1.76 bits per heavy atom. The van der Waals surface area contributed by atoms with Crippen LogP contribution in [0.2, 0.25) is 0 Å². The first kappa shape index (κ1) is 35.7. The number of hydrogen-bond acceptors (Lipinski definition) is 7. The lowest BCUT2D eigenvalue weighted by Gasteiger charge is -2.31. The Bertz CT molecular complexity index is 1330. The third-order valence-electron chi connectivity index (χ3n) is 5.41. The molecule has 3 aromatic rings. The van der Waals surface area contributed by atoms with Crippen LogP contribution in [0.5, 0.6) is 11.5 Å². The first-order valence-electron chi connectivity index (χ1n) is 12.7. The molecule has 2 aromatic carbocycles. The van der Waals surface area contributed by atoms with Gasteiger partial charge in [-0.1, -0.05) is 30.3 Å². The molecule has 0 aliphatic carbocycles. The Morgan fingerprint density at radius 2 is 1.16 bits per heavy atom. The molecule has 0 saturated heterocycles. The zero-order valence-corrected chi connectivity index (χ0v) is 22.7. The molecule has 0 atom stereocenters. The van der Waals surface area contributed by atoms with Gasteiger partial charge in [0.2, 0.25) is 0 Å². The normalized spacial score (nSPS) is 13.1. The van der Waals surface area contributed by atoms with E-state index in [0.29, 0.717) is 29.5 Å². The summed E-state index contributed by atoms with van der Waals surface area (Å²) in [7, 11) is 0. The van der Waals surface area contributed by atoms with Crippen LogP contribution < -0.4 is 9.47 Å². The number of hydrogen-bond donors (Lipinski definition) is 0. The molecule has 1 heterocycles. The van der Waals surface area contributed by atoms with Gasteiger partial charge in [0.05, 0.1) is 19.0 Å². The van der Waals surface area contributed by atoms with Gasteiger partial charge in [0.1, 0.15) is 19.0 Å². The predicted molar refractivity (Wildman–Crippen MR) is 132 cm³/mol. The minimum atomic E-state index is -6.84. The van der Waals surface area contributed by atoms with E-state index in [4.69, 9.17) is 9.47 Å². The van der Waals surface area contributed by atoms with Gasteiger partial charge >= 0.3 is 30.6 Å². The largest absolute Gasteiger partial charge is 0.494 e. The van der Waals surface area contributed by atoms with Gasteiger partial charge < -0.3 is 14.2 Å². The summed E-state index contributed by atoms with van der Waals surface area (Å²) in [6.07, 6.45) is -29.0. The first-order chi connectivity index (χ1) is 20.9. The highest BCUT2D eigenvalue weighted by Crippen LogP contribution is 2.47. The van der Waals surface area contributed by atoms with Crippen LogP contribution in [0.4, 0.5) is 48.3 Å². The second-order valence-corrected chi connectivity index (χ2v) is 9.04. The maximum absolute atomic E-state index is 13.5. The lowest BCUT2D eigenvalue weighted by Crippen LogP contribution is -2.55. The fourth-order valence-corrected chi connectivity index (χ4v) is 3.22. The SMILES string of the molecule is FC(F)(COCCCCOc1ccc(-c2ncc(OCc3ccccc3)cn2)cc1)OC(F)(F)C(F)(F)OC(F)(F)C(F)(F)F. The van der Waals surface area contributed by atoms with E-state index in [1.165, 1.54) is 12.4 Å².